The average molecular weight is 415 g/mol. The summed E-state index contributed by atoms with van der Waals surface area (Å²) < 4.78 is 0. The van der Waals surface area contributed by atoms with Crippen LogP contribution in [0.3, 0.4) is 0 Å². The molecular weight excluding hydrogens is 388 g/mol. The standard InChI is InChI=1S/C20H26N6O2S/c27-17(22-20-24-23-19(29-20)15-5-1-2-6-15)8-9-18(28)26-13-11-25(12-14-26)16-7-3-4-10-21-16/h3-4,7,10,15H,1-2,5-6,8-9,11-14H2,(H,22,24,27). The Kier molecular flexibility index (Phi) is 6.33. The van der Waals surface area contributed by atoms with Crippen molar-refractivity contribution in [3.63, 3.8) is 0 Å². The number of hydrogen-bond acceptors (Lipinski definition) is 7. The number of pyridine rings is 1. The maximum Gasteiger partial charge on any atom is 0.226 e. The Labute approximate surface area is 174 Å². The number of aromatic nitrogens is 3. The van der Waals surface area contributed by atoms with Gasteiger partial charge in [0.05, 0.1) is 0 Å². The minimum Gasteiger partial charge on any atom is -0.353 e. The second kappa shape index (κ2) is 9.30. The first-order valence-electron chi connectivity index (χ1n) is 10.3. The molecule has 0 atom stereocenters. The summed E-state index contributed by atoms with van der Waals surface area (Å²) >= 11 is 1.46. The number of nitrogens with one attached hydrogen (secondary N) is 1. The highest BCUT2D eigenvalue weighted by atomic mass is 32.1. The van der Waals surface area contributed by atoms with Gasteiger partial charge in [-0.05, 0) is 25.0 Å². The molecule has 2 aromatic heterocycles. The Morgan fingerprint density at radius 3 is 2.59 bits per heavy atom. The fourth-order valence-electron chi connectivity index (χ4n) is 3.91. The zero-order valence-electron chi connectivity index (χ0n) is 16.4. The second-order valence-corrected chi connectivity index (χ2v) is 8.54. The van der Waals surface area contributed by atoms with Gasteiger partial charge < -0.3 is 15.1 Å². The zero-order valence-corrected chi connectivity index (χ0v) is 17.2. The third-order valence-electron chi connectivity index (χ3n) is 5.56. The maximum atomic E-state index is 12.5. The summed E-state index contributed by atoms with van der Waals surface area (Å²) in [5, 5.41) is 12.6. The van der Waals surface area contributed by atoms with Gasteiger partial charge in [-0.1, -0.05) is 30.2 Å². The molecule has 9 heteroatoms. The summed E-state index contributed by atoms with van der Waals surface area (Å²) in [6.07, 6.45) is 6.95. The number of rotatable bonds is 6. The number of amides is 2. The molecular formula is C20H26N6O2S. The minimum absolute atomic E-state index is 0.0183. The number of carbonyl (C=O) groups excluding carboxylic acids is 2. The van der Waals surface area contributed by atoms with Crippen molar-refractivity contribution in [3.05, 3.63) is 29.4 Å². The van der Waals surface area contributed by atoms with E-state index < -0.39 is 0 Å². The Bertz CT molecular complexity index is 829. The summed E-state index contributed by atoms with van der Waals surface area (Å²) in [5.74, 6) is 1.27. The molecule has 1 aliphatic heterocycles. The molecule has 29 heavy (non-hydrogen) atoms. The second-order valence-electron chi connectivity index (χ2n) is 7.53. The Balaban J connectivity index is 1.19. The molecule has 2 fully saturated rings. The van der Waals surface area contributed by atoms with Gasteiger partial charge in [-0.25, -0.2) is 4.98 Å². The molecule has 0 spiro atoms. The van der Waals surface area contributed by atoms with Gasteiger partial charge >= 0.3 is 0 Å². The van der Waals surface area contributed by atoms with Crippen LogP contribution in [0.25, 0.3) is 0 Å². The van der Waals surface area contributed by atoms with E-state index >= 15 is 0 Å². The third kappa shape index (κ3) is 5.09. The summed E-state index contributed by atoms with van der Waals surface area (Å²) in [6, 6.07) is 5.84. The Hall–Kier alpha value is -2.55. The molecule has 2 aliphatic rings. The van der Waals surface area contributed by atoms with Crippen molar-refractivity contribution < 1.29 is 9.59 Å². The van der Waals surface area contributed by atoms with E-state index in [9.17, 15) is 9.59 Å². The van der Waals surface area contributed by atoms with Crippen LogP contribution in [0, 0.1) is 0 Å². The van der Waals surface area contributed by atoms with Crippen molar-refractivity contribution in [2.24, 2.45) is 0 Å². The number of hydrogen-bond donors (Lipinski definition) is 1. The largest absolute Gasteiger partial charge is 0.353 e. The first-order valence-corrected chi connectivity index (χ1v) is 11.1. The molecule has 3 heterocycles. The molecule has 1 N–H and O–H groups in total. The fourth-order valence-corrected chi connectivity index (χ4v) is 4.84. The molecule has 2 amide bonds. The van der Waals surface area contributed by atoms with Gasteiger partial charge in [0.25, 0.3) is 0 Å². The third-order valence-corrected chi connectivity index (χ3v) is 6.56. The molecule has 0 unspecified atom stereocenters. The summed E-state index contributed by atoms with van der Waals surface area (Å²) in [6.45, 7) is 2.81. The van der Waals surface area contributed by atoms with Crippen molar-refractivity contribution in [2.45, 2.75) is 44.4 Å². The molecule has 154 valence electrons. The van der Waals surface area contributed by atoms with Crippen LogP contribution in [-0.4, -0.2) is 58.1 Å². The molecule has 8 nitrogen and oxygen atoms in total. The van der Waals surface area contributed by atoms with Gasteiger partial charge in [0, 0.05) is 51.1 Å². The first kappa shape index (κ1) is 19.8. The molecule has 1 aliphatic carbocycles. The molecule has 2 aromatic rings. The van der Waals surface area contributed by atoms with E-state index in [4.69, 9.17) is 0 Å². The predicted octanol–water partition coefficient (Wildman–Crippen LogP) is 2.66. The summed E-state index contributed by atoms with van der Waals surface area (Å²) in [5.41, 5.74) is 0. The van der Waals surface area contributed by atoms with Gasteiger partial charge in [-0.2, -0.15) is 0 Å². The molecule has 0 bridgehead atoms. The van der Waals surface area contributed by atoms with Gasteiger partial charge in [0.1, 0.15) is 10.8 Å². The van der Waals surface area contributed by atoms with Crippen LogP contribution in [0.5, 0.6) is 0 Å². The van der Waals surface area contributed by atoms with E-state index in [0.717, 1.165) is 36.8 Å². The smallest absolute Gasteiger partial charge is 0.226 e. The zero-order chi connectivity index (χ0) is 20.1. The lowest BCUT2D eigenvalue weighted by molar-refractivity contribution is -0.133. The molecule has 0 radical (unpaired) electrons. The van der Waals surface area contributed by atoms with Crippen molar-refractivity contribution in [3.8, 4) is 0 Å². The SMILES string of the molecule is O=C(CCC(=O)N1CCN(c2ccccn2)CC1)Nc1nnc(C2CCCC2)s1. The normalized spacial score (nSPS) is 17.5. The van der Waals surface area contributed by atoms with E-state index in [0.29, 0.717) is 24.1 Å². The maximum absolute atomic E-state index is 12.5. The number of carbonyl (C=O) groups is 2. The topological polar surface area (TPSA) is 91.3 Å². The average Bonchev–Trinajstić information content (AvgIpc) is 3.45. The van der Waals surface area contributed by atoms with Crippen LogP contribution in [-0.2, 0) is 9.59 Å². The van der Waals surface area contributed by atoms with Crippen LogP contribution in [0.15, 0.2) is 24.4 Å². The highest BCUT2D eigenvalue weighted by molar-refractivity contribution is 7.15. The molecule has 1 saturated carbocycles. The lowest BCUT2D eigenvalue weighted by Crippen LogP contribution is -2.49. The van der Waals surface area contributed by atoms with Crippen molar-refractivity contribution >= 4 is 34.1 Å². The quantitative estimate of drug-likeness (QED) is 0.781. The van der Waals surface area contributed by atoms with E-state index in [2.05, 4.69) is 25.4 Å². The number of nitrogens with zero attached hydrogens (tertiary/aromatic N) is 5. The Morgan fingerprint density at radius 1 is 1.07 bits per heavy atom. The van der Waals surface area contributed by atoms with Crippen LogP contribution < -0.4 is 10.2 Å². The van der Waals surface area contributed by atoms with E-state index in [-0.39, 0.29) is 24.7 Å². The predicted molar refractivity (Wildman–Crippen MR) is 112 cm³/mol. The van der Waals surface area contributed by atoms with Gasteiger partial charge in [0.15, 0.2) is 0 Å². The molecule has 1 saturated heterocycles. The van der Waals surface area contributed by atoms with Crippen LogP contribution >= 0.6 is 11.3 Å². The summed E-state index contributed by atoms with van der Waals surface area (Å²) in [4.78, 5) is 33.0. The van der Waals surface area contributed by atoms with Crippen LogP contribution in [0.4, 0.5) is 10.9 Å². The van der Waals surface area contributed by atoms with E-state index in [1.165, 1.54) is 24.2 Å². The van der Waals surface area contributed by atoms with Crippen LogP contribution in [0.1, 0.15) is 49.5 Å². The minimum atomic E-state index is -0.181. The molecule has 4 rings (SSSR count). The number of anilines is 2. The highest BCUT2D eigenvalue weighted by Crippen LogP contribution is 2.36. The van der Waals surface area contributed by atoms with Gasteiger partial charge in [0.2, 0.25) is 16.9 Å². The van der Waals surface area contributed by atoms with Gasteiger partial charge in [-0.3, -0.25) is 9.59 Å². The van der Waals surface area contributed by atoms with E-state index in [1.54, 1.807) is 6.20 Å². The van der Waals surface area contributed by atoms with Crippen LogP contribution in [0.2, 0.25) is 0 Å². The highest BCUT2D eigenvalue weighted by Gasteiger charge is 2.23. The lowest BCUT2D eigenvalue weighted by atomic mass is 10.1. The monoisotopic (exact) mass is 414 g/mol. The fraction of sp³-hybridized carbons (Fsp3) is 0.550. The number of piperazine rings is 1. The van der Waals surface area contributed by atoms with Gasteiger partial charge in [-0.15, -0.1) is 10.2 Å². The summed E-state index contributed by atoms with van der Waals surface area (Å²) in [7, 11) is 0. The Morgan fingerprint density at radius 2 is 1.86 bits per heavy atom. The first-order chi connectivity index (χ1) is 14.2. The van der Waals surface area contributed by atoms with Crippen molar-refractivity contribution in [1.82, 2.24) is 20.1 Å². The van der Waals surface area contributed by atoms with Crippen molar-refractivity contribution in [1.29, 1.82) is 0 Å². The van der Waals surface area contributed by atoms with Crippen molar-refractivity contribution in [2.75, 3.05) is 36.4 Å². The molecule has 0 aromatic carbocycles. The van der Waals surface area contributed by atoms with E-state index in [1.807, 2.05) is 23.1 Å². The lowest BCUT2D eigenvalue weighted by Gasteiger charge is -2.35.